The van der Waals surface area contributed by atoms with Gasteiger partial charge in [-0.05, 0) is 24.1 Å². The number of hydrogen-bond acceptors (Lipinski definition) is 7. The first kappa shape index (κ1) is 17.0. The maximum atomic E-state index is 11.1. The third-order valence-corrected chi connectivity index (χ3v) is 4.88. The van der Waals surface area contributed by atoms with Crippen molar-refractivity contribution in [3.8, 4) is 0 Å². The second kappa shape index (κ2) is 7.35. The van der Waals surface area contributed by atoms with Gasteiger partial charge in [-0.2, -0.15) is 4.98 Å². The molecule has 1 atom stereocenters. The molecule has 0 radical (unpaired) electrons. The molecule has 7 nitrogen and oxygen atoms in total. The van der Waals surface area contributed by atoms with Gasteiger partial charge >= 0.3 is 0 Å². The van der Waals surface area contributed by atoms with Gasteiger partial charge in [0.2, 0.25) is 5.89 Å². The summed E-state index contributed by atoms with van der Waals surface area (Å²) in [5.74, 6) is 1.55. The number of benzene rings is 2. The summed E-state index contributed by atoms with van der Waals surface area (Å²) in [7, 11) is 0. The van der Waals surface area contributed by atoms with Crippen molar-refractivity contribution in [2.75, 3.05) is 5.73 Å². The molecule has 2 N–H and O–H groups in total. The summed E-state index contributed by atoms with van der Waals surface area (Å²) in [6, 6.07) is 14.2. The van der Waals surface area contributed by atoms with Crippen LogP contribution in [0.2, 0.25) is 0 Å². The number of rotatable bonds is 6. The van der Waals surface area contributed by atoms with Crippen molar-refractivity contribution in [3.05, 3.63) is 81.5 Å². The van der Waals surface area contributed by atoms with E-state index in [2.05, 4.69) is 10.1 Å². The molecule has 0 aliphatic rings. The van der Waals surface area contributed by atoms with Crippen LogP contribution in [0.4, 0.5) is 11.4 Å². The highest BCUT2D eigenvalue weighted by Crippen LogP contribution is 2.41. The van der Waals surface area contributed by atoms with Crippen LogP contribution in [-0.4, -0.2) is 15.1 Å². The Labute approximate surface area is 148 Å². The van der Waals surface area contributed by atoms with Gasteiger partial charge in [0.15, 0.2) is 5.82 Å². The first-order valence-corrected chi connectivity index (χ1v) is 8.59. The Morgan fingerprint density at radius 2 is 2.04 bits per heavy atom. The summed E-state index contributed by atoms with van der Waals surface area (Å²) < 4.78 is 5.16. The Hall–Kier alpha value is -2.87. The molecule has 0 fully saturated rings. The minimum atomic E-state index is -0.420. The Bertz CT molecular complexity index is 883. The fourth-order valence-corrected chi connectivity index (χ4v) is 3.61. The zero-order chi connectivity index (χ0) is 17.8. The summed E-state index contributed by atoms with van der Waals surface area (Å²) in [6.45, 7) is 1.75. The van der Waals surface area contributed by atoms with E-state index in [9.17, 15) is 10.1 Å². The van der Waals surface area contributed by atoms with Crippen molar-refractivity contribution in [1.82, 2.24) is 10.1 Å². The largest absolute Gasteiger partial charge is 0.398 e. The van der Waals surface area contributed by atoms with Crippen LogP contribution in [0, 0.1) is 17.0 Å². The van der Waals surface area contributed by atoms with Crippen LogP contribution in [-0.2, 0) is 5.75 Å². The van der Waals surface area contributed by atoms with Crippen LogP contribution >= 0.6 is 11.8 Å². The lowest BCUT2D eigenvalue weighted by atomic mass is 10.0. The average molecular weight is 356 g/mol. The third-order valence-electron chi connectivity index (χ3n) is 3.61. The van der Waals surface area contributed by atoms with Gasteiger partial charge in [-0.1, -0.05) is 35.5 Å². The Kier molecular flexibility index (Phi) is 4.99. The molecule has 3 aromatic rings. The standard InChI is InChI=1S/C17H16N4O3S/c1-11-19-16(24-20-11)10-25-17(12-5-3-2-4-6-12)14-9-13(21(22)23)7-8-15(14)18/h2-9,17H,10,18H2,1H3. The number of nitro benzene ring substituents is 1. The minimum absolute atomic E-state index is 0.0133. The van der Waals surface area contributed by atoms with Gasteiger partial charge < -0.3 is 10.3 Å². The highest BCUT2D eigenvalue weighted by Gasteiger charge is 2.21. The lowest BCUT2D eigenvalue weighted by Crippen LogP contribution is -2.03. The summed E-state index contributed by atoms with van der Waals surface area (Å²) >= 11 is 1.53. The van der Waals surface area contributed by atoms with E-state index in [0.29, 0.717) is 28.7 Å². The lowest BCUT2D eigenvalue weighted by Gasteiger charge is -2.18. The van der Waals surface area contributed by atoms with Gasteiger partial charge in [-0.25, -0.2) is 0 Å². The fraction of sp³-hybridized carbons (Fsp3) is 0.176. The predicted octanol–water partition coefficient (Wildman–Crippen LogP) is 3.89. The minimum Gasteiger partial charge on any atom is -0.398 e. The van der Waals surface area contributed by atoms with E-state index in [1.807, 2.05) is 30.3 Å². The van der Waals surface area contributed by atoms with Crippen LogP contribution in [0.15, 0.2) is 53.1 Å². The highest BCUT2D eigenvalue weighted by molar-refractivity contribution is 7.98. The molecule has 0 saturated carbocycles. The molecule has 2 aromatic carbocycles. The monoisotopic (exact) mass is 356 g/mol. The summed E-state index contributed by atoms with van der Waals surface area (Å²) in [5, 5.41) is 14.7. The number of anilines is 1. The fourth-order valence-electron chi connectivity index (χ4n) is 2.45. The molecular weight excluding hydrogens is 340 g/mol. The van der Waals surface area contributed by atoms with E-state index in [1.165, 1.54) is 23.9 Å². The molecule has 8 heteroatoms. The molecule has 0 aliphatic heterocycles. The van der Waals surface area contributed by atoms with E-state index in [4.69, 9.17) is 10.3 Å². The van der Waals surface area contributed by atoms with Crippen molar-refractivity contribution in [2.45, 2.75) is 17.9 Å². The van der Waals surface area contributed by atoms with E-state index in [1.54, 1.807) is 13.0 Å². The van der Waals surface area contributed by atoms with Crippen LogP contribution in [0.3, 0.4) is 0 Å². The third kappa shape index (κ3) is 3.97. The van der Waals surface area contributed by atoms with Crippen molar-refractivity contribution in [3.63, 3.8) is 0 Å². The molecule has 0 aliphatic carbocycles. The average Bonchev–Trinajstić information content (AvgIpc) is 3.02. The first-order chi connectivity index (χ1) is 12.0. The molecule has 128 valence electrons. The number of nitro groups is 1. The van der Waals surface area contributed by atoms with E-state index >= 15 is 0 Å². The molecule has 0 bridgehead atoms. The predicted molar refractivity (Wildman–Crippen MR) is 96.1 cm³/mol. The number of nitrogens with two attached hydrogens (primary N) is 1. The maximum Gasteiger partial charge on any atom is 0.269 e. The van der Waals surface area contributed by atoms with Crippen LogP contribution in [0.1, 0.15) is 28.1 Å². The van der Waals surface area contributed by atoms with Crippen molar-refractivity contribution < 1.29 is 9.45 Å². The topological polar surface area (TPSA) is 108 Å². The zero-order valence-corrected chi connectivity index (χ0v) is 14.3. The number of non-ortho nitro benzene ring substituents is 1. The molecule has 0 saturated heterocycles. The zero-order valence-electron chi connectivity index (χ0n) is 13.5. The molecule has 25 heavy (non-hydrogen) atoms. The number of nitrogen functional groups attached to an aromatic ring is 1. The normalized spacial score (nSPS) is 12.0. The summed E-state index contributed by atoms with van der Waals surface area (Å²) in [6.07, 6.45) is 0. The number of aryl methyl sites for hydroxylation is 1. The van der Waals surface area contributed by atoms with Crippen molar-refractivity contribution in [2.24, 2.45) is 0 Å². The highest BCUT2D eigenvalue weighted by atomic mass is 32.2. The summed E-state index contributed by atoms with van der Waals surface area (Å²) in [5.41, 5.74) is 8.33. The number of aromatic nitrogens is 2. The van der Waals surface area contributed by atoms with Gasteiger partial charge in [-0.3, -0.25) is 10.1 Å². The van der Waals surface area contributed by atoms with Crippen LogP contribution in [0.5, 0.6) is 0 Å². The molecule has 1 heterocycles. The van der Waals surface area contributed by atoms with Crippen molar-refractivity contribution >= 4 is 23.1 Å². The second-order valence-corrected chi connectivity index (χ2v) is 6.50. The Morgan fingerprint density at radius 1 is 1.28 bits per heavy atom. The first-order valence-electron chi connectivity index (χ1n) is 7.54. The summed E-state index contributed by atoms with van der Waals surface area (Å²) in [4.78, 5) is 14.9. The van der Waals surface area contributed by atoms with E-state index in [0.717, 1.165) is 5.56 Å². The van der Waals surface area contributed by atoms with E-state index < -0.39 is 4.92 Å². The molecular formula is C17H16N4O3S. The van der Waals surface area contributed by atoms with Gasteiger partial charge in [0.25, 0.3) is 5.69 Å². The second-order valence-electron chi connectivity index (χ2n) is 5.41. The maximum absolute atomic E-state index is 11.1. The molecule has 0 amide bonds. The quantitative estimate of drug-likeness (QED) is 0.405. The number of thioether (sulfide) groups is 1. The Morgan fingerprint density at radius 3 is 2.68 bits per heavy atom. The molecule has 0 spiro atoms. The molecule has 3 rings (SSSR count). The van der Waals surface area contributed by atoms with Crippen molar-refractivity contribution in [1.29, 1.82) is 0 Å². The number of hydrogen-bond donors (Lipinski definition) is 1. The molecule has 1 aromatic heterocycles. The lowest BCUT2D eigenvalue weighted by molar-refractivity contribution is -0.384. The Balaban J connectivity index is 1.96. The smallest absolute Gasteiger partial charge is 0.269 e. The van der Waals surface area contributed by atoms with Crippen LogP contribution in [0.25, 0.3) is 0 Å². The number of nitrogens with zero attached hydrogens (tertiary/aromatic N) is 3. The van der Waals surface area contributed by atoms with Crippen LogP contribution < -0.4 is 5.73 Å². The SMILES string of the molecule is Cc1noc(CSC(c2ccccc2)c2cc([N+](=O)[O-])ccc2N)n1. The van der Waals surface area contributed by atoms with E-state index in [-0.39, 0.29) is 10.9 Å². The van der Waals surface area contributed by atoms with Gasteiger partial charge in [-0.15, -0.1) is 11.8 Å². The van der Waals surface area contributed by atoms with Gasteiger partial charge in [0.1, 0.15) is 0 Å². The van der Waals surface area contributed by atoms with Gasteiger partial charge in [0, 0.05) is 17.8 Å². The van der Waals surface area contributed by atoms with Gasteiger partial charge in [0.05, 0.1) is 15.9 Å². The molecule has 1 unspecified atom stereocenters.